The van der Waals surface area contributed by atoms with Gasteiger partial charge >= 0.3 is 0 Å². The first-order valence-corrected chi connectivity index (χ1v) is 10.1. The number of imide groups is 1. The molecule has 3 aromatic carbocycles. The summed E-state index contributed by atoms with van der Waals surface area (Å²) < 4.78 is 27.2. The lowest BCUT2D eigenvalue weighted by molar-refractivity contribution is -0.119. The zero-order chi connectivity index (χ0) is 21.4. The number of thioether (sulfide) groups is 1. The molecule has 0 aliphatic carbocycles. The van der Waals surface area contributed by atoms with E-state index in [1.54, 1.807) is 6.07 Å². The first-order chi connectivity index (χ1) is 14.4. The van der Waals surface area contributed by atoms with Crippen LogP contribution in [0.1, 0.15) is 16.7 Å². The molecule has 0 fully saturated rings. The fourth-order valence-electron chi connectivity index (χ4n) is 3.22. The van der Waals surface area contributed by atoms with Gasteiger partial charge in [-0.25, -0.2) is 13.7 Å². The second kappa shape index (κ2) is 7.88. The van der Waals surface area contributed by atoms with Gasteiger partial charge in [0.1, 0.15) is 0 Å². The molecule has 2 amide bonds. The predicted octanol–water partition coefficient (Wildman–Crippen LogP) is 5.66. The van der Waals surface area contributed by atoms with Crippen LogP contribution in [0.4, 0.5) is 14.5 Å². The quantitative estimate of drug-likeness (QED) is 0.510. The van der Waals surface area contributed by atoms with Crippen LogP contribution in [-0.2, 0) is 9.59 Å². The largest absolute Gasteiger partial charge is 0.272 e. The molecule has 1 aliphatic heterocycles. The van der Waals surface area contributed by atoms with Gasteiger partial charge in [0.15, 0.2) is 11.6 Å². The summed E-state index contributed by atoms with van der Waals surface area (Å²) in [6.45, 7) is 3.89. The number of anilines is 1. The average Bonchev–Trinajstić information content (AvgIpc) is 2.97. The van der Waals surface area contributed by atoms with Crippen molar-refractivity contribution in [1.82, 2.24) is 0 Å². The maximum atomic E-state index is 13.8. The fraction of sp³-hybridized carbons (Fsp3) is 0.0833. The van der Waals surface area contributed by atoms with E-state index in [9.17, 15) is 18.4 Å². The van der Waals surface area contributed by atoms with Crippen molar-refractivity contribution in [3.63, 3.8) is 0 Å². The van der Waals surface area contributed by atoms with Gasteiger partial charge in [-0.1, -0.05) is 48.2 Å². The lowest BCUT2D eigenvalue weighted by Gasteiger charge is -2.15. The van der Waals surface area contributed by atoms with Gasteiger partial charge in [-0.15, -0.1) is 0 Å². The standard InChI is InChI=1S/C24H17F2NO2S/c1-14-8-9-16(12-15(14)2)21-22(30-18-6-4-3-5-7-18)24(29)27(23(21)28)17-10-11-19(25)20(26)13-17/h3-13H,1-2H3. The second-order valence-electron chi connectivity index (χ2n) is 6.96. The van der Waals surface area contributed by atoms with Crippen molar-refractivity contribution >= 4 is 34.8 Å². The van der Waals surface area contributed by atoms with E-state index in [0.717, 1.165) is 33.1 Å². The minimum Gasteiger partial charge on any atom is -0.268 e. The Kier molecular flexibility index (Phi) is 5.26. The van der Waals surface area contributed by atoms with Crippen LogP contribution in [-0.4, -0.2) is 11.8 Å². The van der Waals surface area contributed by atoms with Gasteiger partial charge < -0.3 is 0 Å². The Bertz CT molecular complexity index is 1210. The molecule has 3 aromatic rings. The summed E-state index contributed by atoms with van der Waals surface area (Å²) in [7, 11) is 0. The number of rotatable bonds is 4. The summed E-state index contributed by atoms with van der Waals surface area (Å²) in [5, 5.41) is 0. The number of carbonyl (C=O) groups is 2. The zero-order valence-electron chi connectivity index (χ0n) is 16.3. The number of amides is 2. The average molecular weight is 421 g/mol. The Morgan fingerprint density at radius 2 is 1.50 bits per heavy atom. The molecule has 4 rings (SSSR count). The van der Waals surface area contributed by atoms with E-state index in [2.05, 4.69) is 0 Å². The van der Waals surface area contributed by atoms with Gasteiger partial charge in [0.2, 0.25) is 0 Å². The summed E-state index contributed by atoms with van der Waals surface area (Å²) >= 11 is 1.18. The minimum absolute atomic E-state index is 0.00565. The smallest absolute Gasteiger partial charge is 0.268 e. The normalized spacial score (nSPS) is 14.1. The molecule has 0 spiro atoms. The first kappa shape index (κ1) is 20.0. The van der Waals surface area contributed by atoms with Crippen molar-refractivity contribution in [1.29, 1.82) is 0 Å². The third-order valence-electron chi connectivity index (χ3n) is 4.96. The van der Waals surface area contributed by atoms with Crippen molar-refractivity contribution in [3.8, 4) is 0 Å². The molecule has 3 nitrogen and oxygen atoms in total. The summed E-state index contributed by atoms with van der Waals surface area (Å²) in [4.78, 5) is 28.5. The number of hydrogen-bond acceptors (Lipinski definition) is 3. The number of aryl methyl sites for hydroxylation is 2. The lowest BCUT2D eigenvalue weighted by Crippen LogP contribution is -2.31. The van der Waals surface area contributed by atoms with Crippen LogP contribution in [0.2, 0.25) is 0 Å². The van der Waals surface area contributed by atoms with Gasteiger partial charge in [0, 0.05) is 11.0 Å². The number of nitrogens with zero attached hydrogens (tertiary/aromatic N) is 1. The summed E-state index contributed by atoms with van der Waals surface area (Å²) in [6, 6.07) is 17.8. The molecule has 1 heterocycles. The van der Waals surface area contributed by atoms with Crippen LogP contribution in [0.5, 0.6) is 0 Å². The molecule has 0 saturated carbocycles. The van der Waals surface area contributed by atoms with Gasteiger partial charge in [-0.2, -0.15) is 0 Å². The minimum atomic E-state index is -1.12. The van der Waals surface area contributed by atoms with Crippen LogP contribution in [0, 0.1) is 25.5 Å². The van der Waals surface area contributed by atoms with Gasteiger partial charge in [-0.05, 0) is 54.8 Å². The van der Waals surface area contributed by atoms with E-state index in [4.69, 9.17) is 0 Å². The number of hydrogen-bond donors (Lipinski definition) is 0. The molecule has 0 N–H and O–H groups in total. The topological polar surface area (TPSA) is 37.4 Å². The van der Waals surface area contributed by atoms with Crippen LogP contribution in [0.25, 0.3) is 5.57 Å². The Morgan fingerprint density at radius 1 is 0.767 bits per heavy atom. The molecule has 150 valence electrons. The highest BCUT2D eigenvalue weighted by Gasteiger charge is 2.40. The molecule has 0 bridgehead atoms. The van der Waals surface area contributed by atoms with Gasteiger partial charge in [-0.3, -0.25) is 9.59 Å². The predicted molar refractivity (Wildman–Crippen MR) is 114 cm³/mol. The molecule has 6 heteroatoms. The van der Waals surface area contributed by atoms with E-state index in [-0.39, 0.29) is 16.2 Å². The van der Waals surface area contributed by atoms with Crippen molar-refractivity contribution in [3.05, 3.63) is 100.0 Å². The second-order valence-corrected chi connectivity index (χ2v) is 8.05. The van der Waals surface area contributed by atoms with Crippen LogP contribution in [0.3, 0.4) is 0 Å². The Balaban J connectivity index is 1.85. The van der Waals surface area contributed by atoms with Crippen LogP contribution >= 0.6 is 11.8 Å². The molecule has 30 heavy (non-hydrogen) atoms. The highest BCUT2D eigenvalue weighted by atomic mass is 32.2. The Morgan fingerprint density at radius 3 is 2.17 bits per heavy atom. The molecule has 0 aromatic heterocycles. The Hall–Kier alpha value is -3.25. The zero-order valence-corrected chi connectivity index (χ0v) is 17.1. The molecule has 0 radical (unpaired) electrons. The number of carbonyl (C=O) groups excluding carboxylic acids is 2. The maximum absolute atomic E-state index is 13.8. The molecular formula is C24H17F2NO2S. The van der Waals surface area contributed by atoms with Crippen molar-refractivity contribution in [2.45, 2.75) is 18.7 Å². The van der Waals surface area contributed by atoms with E-state index >= 15 is 0 Å². The highest BCUT2D eigenvalue weighted by molar-refractivity contribution is 8.04. The van der Waals surface area contributed by atoms with Crippen molar-refractivity contribution in [2.75, 3.05) is 4.90 Å². The number of halogens is 2. The fourth-order valence-corrected chi connectivity index (χ4v) is 4.24. The summed E-state index contributed by atoms with van der Waals surface area (Å²) in [5.74, 6) is -3.29. The molecular weight excluding hydrogens is 404 g/mol. The third-order valence-corrected chi connectivity index (χ3v) is 6.05. The molecule has 0 unspecified atom stereocenters. The van der Waals surface area contributed by atoms with E-state index in [0.29, 0.717) is 5.56 Å². The Labute approximate surface area is 177 Å². The summed E-state index contributed by atoms with van der Waals surface area (Å²) in [6.07, 6.45) is 0. The molecule has 1 aliphatic rings. The van der Waals surface area contributed by atoms with Crippen LogP contribution < -0.4 is 4.90 Å². The summed E-state index contributed by atoms with van der Waals surface area (Å²) in [5.41, 5.74) is 2.90. The van der Waals surface area contributed by atoms with E-state index < -0.39 is 23.4 Å². The number of benzene rings is 3. The third kappa shape index (κ3) is 3.55. The monoisotopic (exact) mass is 421 g/mol. The SMILES string of the molecule is Cc1ccc(C2=C(Sc3ccccc3)C(=O)N(c3ccc(F)c(F)c3)C2=O)cc1C. The maximum Gasteiger partial charge on any atom is 0.272 e. The van der Waals surface area contributed by atoms with Gasteiger partial charge in [0.05, 0.1) is 16.2 Å². The molecule has 0 saturated heterocycles. The first-order valence-electron chi connectivity index (χ1n) is 9.25. The van der Waals surface area contributed by atoms with E-state index in [1.807, 2.05) is 56.3 Å². The van der Waals surface area contributed by atoms with Crippen LogP contribution in [0.15, 0.2) is 76.5 Å². The van der Waals surface area contributed by atoms with Gasteiger partial charge in [0.25, 0.3) is 11.8 Å². The molecule has 0 atom stereocenters. The van der Waals surface area contributed by atoms with E-state index in [1.165, 1.54) is 17.8 Å². The van der Waals surface area contributed by atoms with Crippen molar-refractivity contribution < 1.29 is 18.4 Å². The van der Waals surface area contributed by atoms with Crippen molar-refractivity contribution in [2.24, 2.45) is 0 Å². The highest BCUT2D eigenvalue weighted by Crippen LogP contribution is 2.41. The lowest BCUT2D eigenvalue weighted by atomic mass is 10.0.